The van der Waals surface area contributed by atoms with Crippen molar-refractivity contribution >= 4 is 12.4 Å². The molecule has 0 bridgehead atoms. The number of hydrogen-bond acceptors (Lipinski definition) is 3. The van der Waals surface area contributed by atoms with Gasteiger partial charge in [0.15, 0.2) is 11.6 Å². The molecule has 0 aliphatic heterocycles. The maximum absolute atomic E-state index is 13.6. The predicted octanol–water partition coefficient (Wildman–Crippen LogP) is 6.69. The van der Waals surface area contributed by atoms with Crippen LogP contribution in [0.25, 0.3) is 0 Å². The summed E-state index contributed by atoms with van der Waals surface area (Å²) < 4.78 is 53.6. The van der Waals surface area contributed by atoms with Gasteiger partial charge in [0.25, 0.3) is 0 Å². The van der Waals surface area contributed by atoms with E-state index in [4.69, 9.17) is 0 Å². The van der Waals surface area contributed by atoms with E-state index < -0.39 is 17.9 Å². The summed E-state index contributed by atoms with van der Waals surface area (Å²) in [6.07, 6.45) is 5.15. The van der Waals surface area contributed by atoms with Crippen LogP contribution in [0.1, 0.15) is 55.7 Å². The summed E-state index contributed by atoms with van der Waals surface area (Å²) in [5, 5.41) is 7.68. The van der Waals surface area contributed by atoms with Crippen molar-refractivity contribution in [3.63, 3.8) is 0 Å². The van der Waals surface area contributed by atoms with E-state index in [2.05, 4.69) is 34.0 Å². The van der Waals surface area contributed by atoms with Crippen LogP contribution in [-0.2, 0) is 6.42 Å². The molecule has 0 aliphatic rings. The fraction of sp³-hybridized carbons (Fsp3) is 0.364. The van der Waals surface area contributed by atoms with E-state index in [-0.39, 0.29) is 5.56 Å². The molecule has 0 heterocycles. The first-order valence-corrected chi connectivity index (χ1v) is 9.58. The molecule has 7 heteroatoms. The number of benzene rings is 2. The van der Waals surface area contributed by atoms with E-state index >= 15 is 0 Å². The largest absolute Gasteiger partial charge is 0.573 e. The van der Waals surface area contributed by atoms with Crippen LogP contribution >= 0.6 is 0 Å². The zero-order valence-electron chi connectivity index (χ0n) is 16.3. The van der Waals surface area contributed by atoms with E-state index in [1.807, 2.05) is 12.1 Å². The van der Waals surface area contributed by atoms with Gasteiger partial charge in [-0.3, -0.25) is 0 Å². The molecule has 29 heavy (non-hydrogen) atoms. The van der Waals surface area contributed by atoms with Gasteiger partial charge >= 0.3 is 6.36 Å². The third kappa shape index (κ3) is 8.89. The third-order valence-corrected chi connectivity index (χ3v) is 4.21. The zero-order valence-corrected chi connectivity index (χ0v) is 16.3. The van der Waals surface area contributed by atoms with E-state index in [0.29, 0.717) is 0 Å². The number of aryl methyl sites for hydroxylation is 1. The van der Waals surface area contributed by atoms with Crippen LogP contribution < -0.4 is 4.74 Å². The number of alkyl halides is 3. The third-order valence-electron chi connectivity index (χ3n) is 4.21. The van der Waals surface area contributed by atoms with Crippen molar-refractivity contribution in [1.82, 2.24) is 0 Å². The monoisotopic (exact) mass is 408 g/mol. The average molecular weight is 408 g/mol. The Balaban J connectivity index is 1.84. The van der Waals surface area contributed by atoms with Gasteiger partial charge in [-0.2, -0.15) is 10.2 Å². The lowest BCUT2D eigenvalue weighted by Gasteiger charge is -2.09. The molecular formula is C22H24F4N2O. The van der Waals surface area contributed by atoms with Crippen molar-refractivity contribution in [3.8, 4) is 5.75 Å². The fourth-order valence-electron chi connectivity index (χ4n) is 2.71. The Morgan fingerprint density at radius 3 is 2.10 bits per heavy atom. The van der Waals surface area contributed by atoms with Crippen molar-refractivity contribution < 1.29 is 22.3 Å². The summed E-state index contributed by atoms with van der Waals surface area (Å²) in [7, 11) is 0. The summed E-state index contributed by atoms with van der Waals surface area (Å²) in [4.78, 5) is 0. The molecule has 0 saturated heterocycles. The summed E-state index contributed by atoms with van der Waals surface area (Å²) in [5.41, 5.74) is 2.42. The van der Waals surface area contributed by atoms with Gasteiger partial charge in [0.2, 0.25) is 0 Å². The van der Waals surface area contributed by atoms with Crippen molar-refractivity contribution in [3.05, 3.63) is 65.0 Å². The van der Waals surface area contributed by atoms with Crippen molar-refractivity contribution in [2.45, 2.75) is 51.8 Å². The second-order valence-corrected chi connectivity index (χ2v) is 6.63. The first-order valence-electron chi connectivity index (χ1n) is 9.58. The molecule has 2 aromatic rings. The molecule has 0 amide bonds. The van der Waals surface area contributed by atoms with Gasteiger partial charge in [0, 0.05) is 0 Å². The molecule has 0 spiro atoms. The second kappa shape index (κ2) is 11.3. The fourth-order valence-corrected chi connectivity index (χ4v) is 2.71. The normalized spacial score (nSPS) is 12.2. The molecule has 0 unspecified atom stereocenters. The minimum Gasteiger partial charge on any atom is -0.403 e. The molecule has 2 rings (SSSR count). The minimum atomic E-state index is -4.94. The van der Waals surface area contributed by atoms with Crippen LogP contribution in [0.2, 0.25) is 0 Å². The number of nitrogens with zero attached hydrogens (tertiary/aromatic N) is 2. The van der Waals surface area contributed by atoms with Gasteiger partial charge in [0.1, 0.15) is 0 Å². The first kappa shape index (κ1) is 22.6. The van der Waals surface area contributed by atoms with Crippen LogP contribution in [-0.4, -0.2) is 18.8 Å². The molecule has 0 fully saturated rings. The highest BCUT2D eigenvalue weighted by Crippen LogP contribution is 2.25. The molecule has 3 nitrogen and oxygen atoms in total. The summed E-state index contributed by atoms with van der Waals surface area (Å²) in [6, 6.07) is 11.1. The van der Waals surface area contributed by atoms with Gasteiger partial charge < -0.3 is 4.74 Å². The van der Waals surface area contributed by atoms with Crippen molar-refractivity contribution in [2.75, 3.05) is 0 Å². The molecule has 0 atom stereocenters. The van der Waals surface area contributed by atoms with Gasteiger partial charge in [-0.05, 0) is 47.7 Å². The van der Waals surface area contributed by atoms with E-state index in [9.17, 15) is 17.6 Å². The number of ether oxygens (including phenoxy) is 1. The Morgan fingerprint density at radius 1 is 0.862 bits per heavy atom. The average Bonchev–Trinajstić information content (AvgIpc) is 2.67. The molecule has 0 aliphatic carbocycles. The van der Waals surface area contributed by atoms with Crippen LogP contribution in [0.3, 0.4) is 0 Å². The molecular weight excluding hydrogens is 384 g/mol. The zero-order chi connectivity index (χ0) is 21.1. The highest BCUT2D eigenvalue weighted by Gasteiger charge is 2.32. The lowest BCUT2D eigenvalue weighted by atomic mass is 10.0. The van der Waals surface area contributed by atoms with Crippen molar-refractivity contribution in [2.24, 2.45) is 10.2 Å². The lowest BCUT2D eigenvalue weighted by Crippen LogP contribution is -2.18. The second-order valence-electron chi connectivity index (χ2n) is 6.63. The Bertz CT molecular complexity index is 815. The van der Waals surface area contributed by atoms with Gasteiger partial charge in [0.05, 0.1) is 12.4 Å². The lowest BCUT2D eigenvalue weighted by molar-refractivity contribution is -0.275. The maximum Gasteiger partial charge on any atom is 0.573 e. The molecule has 0 radical (unpaired) electrons. The van der Waals surface area contributed by atoms with Gasteiger partial charge in [-0.25, -0.2) is 4.39 Å². The Hall–Kier alpha value is -2.70. The summed E-state index contributed by atoms with van der Waals surface area (Å²) in [5.74, 6) is -2.01. The van der Waals surface area contributed by atoms with E-state index in [1.165, 1.54) is 49.9 Å². The van der Waals surface area contributed by atoms with Crippen LogP contribution in [0.15, 0.2) is 52.7 Å². The molecule has 2 aromatic carbocycles. The number of hydrogen-bond donors (Lipinski definition) is 0. The van der Waals surface area contributed by atoms with E-state index in [0.717, 1.165) is 24.1 Å². The Kier molecular flexibility index (Phi) is 8.83. The molecule has 0 aromatic heterocycles. The van der Waals surface area contributed by atoms with Crippen LogP contribution in [0.5, 0.6) is 5.75 Å². The molecule has 0 N–H and O–H groups in total. The van der Waals surface area contributed by atoms with Crippen LogP contribution in [0, 0.1) is 5.82 Å². The van der Waals surface area contributed by atoms with Crippen molar-refractivity contribution in [1.29, 1.82) is 0 Å². The summed E-state index contributed by atoms with van der Waals surface area (Å²) >= 11 is 0. The van der Waals surface area contributed by atoms with Gasteiger partial charge in [-0.1, -0.05) is 56.9 Å². The first-order chi connectivity index (χ1) is 13.9. The number of halogens is 4. The Labute approximate surface area is 168 Å². The standard InChI is InChI=1S/C22H24F4N2O/c1-2-3-4-5-6-7-17-8-10-18(11-9-17)15-27-28-16-19-12-13-21(20(23)14-19)29-22(24,25)26/h8-16H,2-7H2,1H3. The maximum atomic E-state index is 13.6. The predicted molar refractivity (Wildman–Crippen MR) is 107 cm³/mol. The van der Waals surface area contributed by atoms with Crippen LogP contribution in [0.4, 0.5) is 17.6 Å². The number of unbranched alkanes of at least 4 members (excludes halogenated alkanes) is 4. The molecule has 0 saturated carbocycles. The smallest absolute Gasteiger partial charge is 0.403 e. The topological polar surface area (TPSA) is 34.0 Å². The summed E-state index contributed by atoms with van der Waals surface area (Å²) in [6.45, 7) is 2.20. The minimum absolute atomic E-state index is 0.271. The highest BCUT2D eigenvalue weighted by atomic mass is 19.4. The van der Waals surface area contributed by atoms with E-state index in [1.54, 1.807) is 6.21 Å². The highest BCUT2D eigenvalue weighted by molar-refractivity contribution is 5.82. The number of rotatable bonds is 10. The Morgan fingerprint density at radius 2 is 1.48 bits per heavy atom. The molecule has 156 valence electrons. The van der Waals surface area contributed by atoms with Gasteiger partial charge in [-0.15, -0.1) is 13.2 Å². The SMILES string of the molecule is CCCCCCCc1ccc(C=NN=Cc2ccc(OC(F)(F)F)c(F)c2)cc1. The quantitative estimate of drug-likeness (QED) is 0.187.